The van der Waals surface area contributed by atoms with Crippen molar-refractivity contribution >= 4 is 17.1 Å². The first kappa shape index (κ1) is 18.0. The molecule has 134 valence electrons. The van der Waals surface area contributed by atoms with Crippen LogP contribution in [0.4, 0.5) is 17.1 Å². The highest BCUT2D eigenvalue weighted by atomic mass is 15.3. The Morgan fingerprint density at radius 3 is 2.00 bits per heavy atom. The second-order valence-electron chi connectivity index (χ2n) is 6.35. The summed E-state index contributed by atoms with van der Waals surface area (Å²) in [6.45, 7) is 4.04. The highest BCUT2D eigenvalue weighted by Crippen LogP contribution is 2.26. The molecule has 3 nitrogen and oxygen atoms in total. The van der Waals surface area contributed by atoms with Gasteiger partial charge in [0.25, 0.3) is 0 Å². The van der Waals surface area contributed by atoms with Crippen LogP contribution >= 0.6 is 0 Å². The van der Waals surface area contributed by atoms with Gasteiger partial charge in [0, 0.05) is 30.2 Å². The molecule has 26 heavy (non-hydrogen) atoms. The fraction of sp³-hybridized carbons (Fsp3) is 0.217. The molecule has 2 N–H and O–H groups in total. The van der Waals surface area contributed by atoms with Crippen molar-refractivity contribution in [3.8, 4) is 0 Å². The molecule has 0 saturated heterocycles. The standard InChI is InChI=1S/C23H27N3/c1-2-3-18-26(22-12-8-5-9-13-22)23-16-14-20(15-17-23)19-24-25-21-10-6-4-7-11-21/h4-17,24-25H,2-3,18-19H2,1H3. The number of anilines is 3. The molecular weight excluding hydrogens is 318 g/mol. The maximum absolute atomic E-state index is 3.27. The fourth-order valence-corrected chi connectivity index (χ4v) is 2.89. The number of unbranched alkanes of at least 4 members (excludes halogenated alkanes) is 1. The van der Waals surface area contributed by atoms with Gasteiger partial charge in [-0.1, -0.05) is 61.9 Å². The van der Waals surface area contributed by atoms with Gasteiger partial charge in [-0.2, -0.15) is 0 Å². The first-order chi connectivity index (χ1) is 12.9. The van der Waals surface area contributed by atoms with E-state index in [1.807, 2.05) is 30.3 Å². The number of para-hydroxylation sites is 2. The van der Waals surface area contributed by atoms with Gasteiger partial charge in [0.2, 0.25) is 0 Å². The molecule has 3 aromatic carbocycles. The Morgan fingerprint density at radius 2 is 1.35 bits per heavy atom. The maximum Gasteiger partial charge on any atom is 0.0487 e. The predicted octanol–water partition coefficient (Wildman–Crippen LogP) is 5.74. The number of rotatable bonds is 9. The lowest BCUT2D eigenvalue weighted by Gasteiger charge is -2.25. The molecule has 0 aromatic heterocycles. The zero-order chi connectivity index (χ0) is 18.0. The average molecular weight is 345 g/mol. The minimum atomic E-state index is 0.773. The van der Waals surface area contributed by atoms with Crippen LogP contribution in [0.2, 0.25) is 0 Å². The zero-order valence-corrected chi connectivity index (χ0v) is 15.4. The van der Waals surface area contributed by atoms with Crippen molar-refractivity contribution in [2.75, 3.05) is 16.9 Å². The molecule has 3 aromatic rings. The Morgan fingerprint density at radius 1 is 0.731 bits per heavy atom. The number of hydrogen-bond donors (Lipinski definition) is 2. The number of nitrogens with one attached hydrogen (secondary N) is 2. The second kappa shape index (κ2) is 9.64. The van der Waals surface area contributed by atoms with E-state index in [1.165, 1.54) is 29.8 Å². The van der Waals surface area contributed by atoms with Crippen LogP contribution in [0.25, 0.3) is 0 Å². The van der Waals surface area contributed by atoms with E-state index in [0.29, 0.717) is 0 Å². The zero-order valence-electron chi connectivity index (χ0n) is 15.4. The van der Waals surface area contributed by atoms with Crippen LogP contribution in [0.15, 0.2) is 84.9 Å². The summed E-state index contributed by atoms with van der Waals surface area (Å²) in [5.74, 6) is 0. The van der Waals surface area contributed by atoms with Crippen LogP contribution in [-0.4, -0.2) is 6.54 Å². The van der Waals surface area contributed by atoms with Crippen LogP contribution in [0.3, 0.4) is 0 Å². The Balaban J connectivity index is 1.62. The van der Waals surface area contributed by atoms with E-state index in [0.717, 1.165) is 18.8 Å². The first-order valence-corrected chi connectivity index (χ1v) is 9.32. The van der Waals surface area contributed by atoms with Gasteiger partial charge in [0.15, 0.2) is 0 Å². The lowest BCUT2D eigenvalue weighted by atomic mass is 10.1. The predicted molar refractivity (Wildman–Crippen MR) is 112 cm³/mol. The highest BCUT2D eigenvalue weighted by Gasteiger charge is 2.08. The summed E-state index contributed by atoms with van der Waals surface area (Å²) < 4.78 is 0. The summed E-state index contributed by atoms with van der Waals surface area (Å²) in [7, 11) is 0. The number of nitrogens with zero attached hydrogens (tertiary/aromatic N) is 1. The normalized spacial score (nSPS) is 10.5. The van der Waals surface area contributed by atoms with Crippen LogP contribution in [0.1, 0.15) is 25.3 Å². The van der Waals surface area contributed by atoms with Crippen molar-refractivity contribution < 1.29 is 0 Å². The Kier molecular flexibility index (Phi) is 6.68. The van der Waals surface area contributed by atoms with Gasteiger partial charge in [0.1, 0.15) is 0 Å². The Labute approximate surface area is 156 Å². The van der Waals surface area contributed by atoms with Crippen molar-refractivity contribution in [2.45, 2.75) is 26.3 Å². The molecule has 0 bridgehead atoms. The smallest absolute Gasteiger partial charge is 0.0487 e. The van der Waals surface area contributed by atoms with Gasteiger partial charge >= 0.3 is 0 Å². The molecule has 0 amide bonds. The number of hydrazine groups is 1. The quantitative estimate of drug-likeness (QED) is 0.484. The molecular formula is C23H27N3. The van der Waals surface area contributed by atoms with Gasteiger partial charge in [-0.15, -0.1) is 0 Å². The monoisotopic (exact) mass is 345 g/mol. The van der Waals surface area contributed by atoms with Crippen LogP contribution in [0.5, 0.6) is 0 Å². The van der Waals surface area contributed by atoms with Crippen molar-refractivity contribution in [1.29, 1.82) is 0 Å². The third-order valence-electron chi connectivity index (χ3n) is 4.35. The van der Waals surface area contributed by atoms with E-state index in [9.17, 15) is 0 Å². The molecule has 3 heteroatoms. The topological polar surface area (TPSA) is 27.3 Å². The molecule has 3 rings (SSSR count). The van der Waals surface area contributed by atoms with E-state index in [1.54, 1.807) is 0 Å². The highest BCUT2D eigenvalue weighted by molar-refractivity contribution is 5.63. The van der Waals surface area contributed by atoms with Gasteiger partial charge in [0.05, 0.1) is 0 Å². The first-order valence-electron chi connectivity index (χ1n) is 9.32. The van der Waals surface area contributed by atoms with E-state index in [2.05, 4.69) is 77.3 Å². The third kappa shape index (κ3) is 5.11. The Bertz CT molecular complexity index is 754. The van der Waals surface area contributed by atoms with E-state index in [-0.39, 0.29) is 0 Å². The molecule has 0 aliphatic rings. The van der Waals surface area contributed by atoms with Gasteiger partial charge < -0.3 is 10.3 Å². The molecule has 0 unspecified atom stereocenters. The summed E-state index contributed by atoms with van der Waals surface area (Å²) in [5, 5.41) is 0. The average Bonchev–Trinajstić information content (AvgIpc) is 2.71. The SMILES string of the molecule is CCCCN(c1ccccc1)c1ccc(CNNc2ccccc2)cc1. The molecule has 0 fully saturated rings. The Hall–Kier alpha value is -2.78. The number of benzene rings is 3. The summed E-state index contributed by atoms with van der Waals surface area (Å²) in [5.41, 5.74) is 11.3. The van der Waals surface area contributed by atoms with E-state index >= 15 is 0 Å². The summed E-state index contributed by atoms with van der Waals surface area (Å²) in [6, 6.07) is 29.6. The van der Waals surface area contributed by atoms with Crippen molar-refractivity contribution in [3.63, 3.8) is 0 Å². The van der Waals surface area contributed by atoms with E-state index in [4.69, 9.17) is 0 Å². The van der Waals surface area contributed by atoms with Gasteiger partial charge in [-0.05, 0) is 48.4 Å². The van der Waals surface area contributed by atoms with E-state index < -0.39 is 0 Å². The molecule has 0 saturated carbocycles. The van der Waals surface area contributed by atoms with Crippen molar-refractivity contribution in [2.24, 2.45) is 0 Å². The molecule has 0 radical (unpaired) electrons. The molecule has 0 aliphatic heterocycles. The van der Waals surface area contributed by atoms with Crippen molar-refractivity contribution in [3.05, 3.63) is 90.5 Å². The molecule has 0 heterocycles. The summed E-state index contributed by atoms with van der Waals surface area (Å²) in [6.07, 6.45) is 2.37. The summed E-state index contributed by atoms with van der Waals surface area (Å²) in [4.78, 5) is 2.39. The summed E-state index contributed by atoms with van der Waals surface area (Å²) >= 11 is 0. The lowest BCUT2D eigenvalue weighted by Crippen LogP contribution is -2.21. The maximum atomic E-state index is 3.27. The largest absolute Gasteiger partial charge is 0.341 e. The molecule has 0 spiro atoms. The van der Waals surface area contributed by atoms with Crippen molar-refractivity contribution in [1.82, 2.24) is 5.43 Å². The number of hydrogen-bond acceptors (Lipinski definition) is 3. The van der Waals surface area contributed by atoms with Crippen LogP contribution in [0, 0.1) is 0 Å². The minimum Gasteiger partial charge on any atom is -0.341 e. The molecule has 0 aliphatic carbocycles. The fourth-order valence-electron chi connectivity index (χ4n) is 2.89. The van der Waals surface area contributed by atoms with Gasteiger partial charge in [-0.3, -0.25) is 0 Å². The lowest BCUT2D eigenvalue weighted by molar-refractivity contribution is 0.783. The van der Waals surface area contributed by atoms with Crippen LogP contribution < -0.4 is 15.8 Å². The van der Waals surface area contributed by atoms with Gasteiger partial charge in [-0.25, -0.2) is 5.43 Å². The third-order valence-corrected chi connectivity index (χ3v) is 4.35. The second-order valence-corrected chi connectivity index (χ2v) is 6.35. The minimum absolute atomic E-state index is 0.773. The molecule has 0 atom stereocenters. The van der Waals surface area contributed by atoms with Crippen LogP contribution in [-0.2, 0) is 6.54 Å².